The molecule has 0 fully saturated rings. The number of para-hydroxylation sites is 4. The van der Waals surface area contributed by atoms with Gasteiger partial charge in [0.25, 0.3) is 0 Å². The van der Waals surface area contributed by atoms with Crippen molar-refractivity contribution in [3.05, 3.63) is 48.5 Å². The maximum absolute atomic E-state index is 12.4. The Labute approximate surface area is 144 Å². The number of carbonyl (C=O) groups excluding carboxylic acids is 1. The van der Waals surface area contributed by atoms with Crippen LogP contribution in [0.3, 0.4) is 0 Å². The smallest absolute Gasteiger partial charge is 0.433 e. The Kier molecular flexibility index (Phi) is 6.21. The van der Waals surface area contributed by atoms with E-state index in [1.54, 1.807) is 0 Å². The lowest BCUT2D eigenvalue weighted by Gasteiger charge is -2.15. The summed E-state index contributed by atoms with van der Waals surface area (Å²) in [4.78, 5) is 11.9. The number of ether oxygens (including phenoxy) is 2. The molecule has 0 aromatic heterocycles. The molecule has 26 heavy (non-hydrogen) atoms. The first-order valence-electron chi connectivity index (χ1n) is 7.17. The lowest BCUT2D eigenvalue weighted by Crippen LogP contribution is -2.23. The highest BCUT2D eigenvalue weighted by atomic mass is 19.4. The molecule has 0 spiro atoms. The lowest BCUT2D eigenvalue weighted by molar-refractivity contribution is -0.274. The number of rotatable bonds is 7. The molecule has 0 radical (unpaired) electrons. The molecule has 0 atom stereocenters. The van der Waals surface area contributed by atoms with Gasteiger partial charge in [-0.1, -0.05) is 24.3 Å². The van der Waals surface area contributed by atoms with Crippen molar-refractivity contribution in [2.24, 2.45) is 0 Å². The van der Waals surface area contributed by atoms with Crippen LogP contribution in [0.2, 0.25) is 0 Å². The monoisotopic (exact) mass is 376 g/mol. The second-order valence-corrected chi connectivity index (χ2v) is 4.82. The molecule has 1 amide bonds. The van der Waals surface area contributed by atoms with E-state index in [0.717, 1.165) is 6.07 Å². The summed E-state index contributed by atoms with van der Waals surface area (Å²) >= 11 is 0. The molecule has 5 nitrogen and oxygen atoms in total. The Morgan fingerprint density at radius 1 is 0.962 bits per heavy atom. The van der Waals surface area contributed by atoms with Crippen LogP contribution in [0.25, 0.3) is 0 Å². The summed E-state index contributed by atoms with van der Waals surface area (Å²) in [6, 6.07) is 10.7. The molecule has 10 heteroatoms. The van der Waals surface area contributed by atoms with Gasteiger partial charge >= 0.3 is 13.0 Å². The molecule has 2 N–H and O–H groups in total. The Bertz CT molecular complexity index is 753. The van der Waals surface area contributed by atoms with Gasteiger partial charge in [0.2, 0.25) is 5.91 Å². The highest BCUT2D eigenvalue weighted by molar-refractivity contribution is 5.95. The zero-order chi connectivity index (χ0) is 19.2. The number of amides is 1. The standard InChI is InChI=1S/C16H13F5N2O3/c17-15(18)25-12-7-3-2-6-11(12)23-14(24)9-22-10-5-1-4-8-13(10)26-16(19,20)21/h1-8,15,22H,9H2,(H,23,24). The van der Waals surface area contributed by atoms with Crippen LogP contribution in [0.1, 0.15) is 0 Å². The van der Waals surface area contributed by atoms with Crippen LogP contribution < -0.4 is 20.1 Å². The Hall–Kier alpha value is -3.04. The third-order valence-electron chi connectivity index (χ3n) is 2.93. The predicted octanol–water partition coefficient (Wildman–Crippen LogP) is 4.24. The van der Waals surface area contributed by atoms with Crippen molar-refractivity contribution in [3.63, 3.8) is 0 Å². The van der Waals surface area contributed by atoms with E-state index >= 15 is 0 Å². The molecule has 0 bridgehead atoms. The van der Waals surface area contributed by atoms with E-state index in [9.17, 15) is 26.7 Å². The molecule has 0 aliphatic rings. The minimum absolute atomic E-state index is 0.000531. The predicted molar refractivity (Wildman–Crippen MR) is 83.3 cm³/mol. The Morgan fingerprint density at radius 2 is 1.54 bits per heavy atom. The fraction of sp³-hybridized carbons (Fsp3) is 0.188. The van der Waals surface area contributed by atoms with E-state index in [2.05, 4.69) is 20.1 Å². The third kappa shape index (κ3) is 6.11. The van der Waals surface area contributed by atoms with Gasteiger partial charge in [-0.2, -0.15) is 8.78 Å². The third-order valence-corrected chi connectivity index (χ3v) is 2.93. The van der Waals surface area contributed by atoms with Gasteiger partial charge in [-0.3, -0.25) is 4.79 Å². The molecule has 0 unspecified atom stereocenters. The first-order chi connectivity index (χ1) is 12.2. The van der Waals surface area contributed by atoms with Crippen LogP contribution in [0, 0.1) is 0 Å². The highest BCUT2D eigenvalue weighted by Crippen LogP contribution is 2.30. The quantitative estimate of drug-likeness (QED) is 0.710. The zero-order valence-electron chi connectivity index (χ0n) is 13.0. The van der Waals surface area contributed by atoms with E-state index < -0.39 is 31.2 Å². The number of hydrogen-bond donors (Lipinski definition) is 2. The van der Waals surface area contributed by atoms with Crippen molar-refractivity contribution in [2.75, 3.05) is 17.2 Å². The van der Waals surface area contributed by atoms with Gasteiger partial charge < -0.3 is 20.1 Å². The summed E-state index contributed by atoms with van der Waals surface area (Å²) in [5, 5.41) is 4.82. The molecule has 140 valence electrons. The number of nitrogens with one attached hydrogen (secondary N) is 2. The number of anilines is 2. The number of hydrogen-bond acceptors (Lipinski definition) is 4. The maximum atomic E-state index is 12.4. The van der Waals surface area contributed by atoms with Gasteiger partial charge in [-0.05, 0) is 24.3 Å². The van der Waals surface area contributed by atoms with Crippen LogP contribution in [-0.2, 0) is 4.79 Å². The second-order valence-electron chi connectivity index (χ2n) is 4.82. The summed E-state index contributed by atoms with van der Waals surface area (Å²) in [6.07, 6.45) is -4.88. The first kappa shape index (κ1) is 19.3. The number of alkyl halides is 5. The molecule has 2 aromatic carbocycles. The summed E-state index contributed by atoms with van der Waals surface area (Å²) < 4.78 is 69.8. The Balaban J connectivity index is 2.00. The normalized spacial score (nSPS) is 11.2. The molecule has 2 aromatic rings. The molecule has 0 heterocycles. The average Bonchev–Trinajstić information content (AvgIpc) is 2.54. The SMILES string of the molecule is O=C(CNc1ccccc1OC(F)(F)F)Nc1ccccc1OC(F)F. The second kappa shape index (κ2) is 8.37. The maximum Gasteiger partial charge on any atom is 0.573 e. The van der Waals surface area contributed by atoms with Crippen molar-refractivity contribution >= 4 is 17.3 Å². The molecule has 0 saturated heterocycles. The van der Waals surface area contributed by atoms with Gasteiger partial charge in [-0.15, -0.1) is 13.2 Å². The largest absolute Gasteiger partial charge is 0.573 e. The fourth-order valence-electron chi connectivity index (χ4n) is 1.96. The summed E-state index contributed by atoms with van der Waals surface area (Å²) in [6.45, 7) is -3.50. The Morgan fingerprint density at radius 3 is 2.15 bits per heavy atom. The van der Waals surface area contributed by atoms with Crippen LogP contribution in [0.15, 0.2) is 48.5 Å². The topological polar surface area (TPSA) is 59.6 Å². The van der Waals surface area contributed by atoms with E-state index in [0.29, 0.717) is 0 Å². The summed E-state index contributed by atoms with van der Waals surface area (Å²) in [5.74, 6) is -1.43. The fourth-order valence-corrected chi connectivity index (χ4v) is 1.96. The molecular formula is C16H13F5N2O3. The van der Waals surface area contributed by atoms with Crippen molar-refractivity contribution in [1.29, 1.82) is 0 Å². The zero-order valence-corrected chi connectivity index (χ0v) is 13.0. The van der Waals surface area contributed by atoms with Crippen LogP contribution in [0.5, 0.6) is 11.5 Å². The number of halogens is 5. The van der Waals surface area contributed by atoms with Crippen LogP contribution >= 0.6 is 0 Å². The van der Waals surface area contributed by atoms with Gasteiger partial charge in [-0.25, -0.2) is 0 Å². The van der Waals surface area contributed by atoms with Gasteiger partial charge in [0, 0.05) is 0 Å². The highest BCUT2D eigenvalue weighted by Gasteiger charge is 2.32. The molecular weight excluding hydrogens is 363 g/mol. The van der Waals surface area contributed by atoms with Crippen molar-refractivity contribution < 1.29 is 36.2 Å². The lowest BCUT2D eigenvalue weighted by atomic mass is 10.2. The van der Waals surface area contributed by atoms with E-state index in [1.165, 1.54) is 42.5 Å². The number of benzene rings is 2. The molecule has 2 rings (SSSR count). The van der Waals surface area contributed by atoms with Gasteiger partial charge in [0.05, 0.1) is 17.9 Å². The van der Waals surface area contributed by atoms with Crippen molar-refractivity contribution in [2.45, 2.75) is 13.0 Å². The van der Waals surface area contributed by atoms with E-state index in [1.807, 2.05) is 0 Å². The van der Waals surface area contributed by atoms with Gasteiger partial charge in [0.15, 0.2) is 5.75 Å². The van der Waals surface area contributed by atoms with E-state index in [-0.39, 0.29) is 17.1 Å². The van der Waals surface area contributed by atoms with Crippen molar-refractivity contribution in [1.82, 2.24) is 0 Å². The van der Waals surface area contributed by atoms with E-state index in [4.69, 9.17) is 0 Å². The van der Waals surface area contributed by atoms with Gasteiger partial charge in [0.1, 0.15) is 5.75 Å². The molecule has 0 aliphatic heterocycles. The minimum Gasteiger partial charge on any atom is -0.433 e. The average molecular weight is 376 g/mol. The van der Waals surface area contributed by atoms with Crippen molar-refractivity contribution in [3.8, 4) is 11.5 Å². The summed E-state index contributed by atoms with van der Waals surface area (Å²) in [7, 11) is 0. The van der Waals surface area contributed by atoms with Crippen LogP contribution in [0.4, 0.5) is 33.3 Å². The number of carbonyl (C=O) groups is 1. The summed E-state index contributed by atoms with van der Waals surface area (Å²) in [5.41, 5.74) is -0.0588. The van der Waals surface area contributed by atoms with Crippen LogP contribution in [-0.4, -0.2) is 25.4 Å². The molecule has 0 saturated carbocycles. The minimum atomic E-state index is -4.88. The first-order valence-corrected chi connectivity index (χ1v) is 7.17. The molecule has 0 aliphatic carbocycles.